The van der Waals surface area contributed by atoms with Crippen LogP contribution in [-0.2, 0) is 11.2 Å². The van der Waals surface area contributed by atoms with E-state index in [1.807, 2.05) is 40.7 Å². The number of halogens is 3. The molecule has 0 aliphatic rings. The normalized spacial score (nSPS) is 12.3. The lowest BCUT2D eigenvalue weighted by Gasteiger charge is -2.21. The molecule has 0 saturated carbocycles. The van der Waals surface area contributed by atoms with Crippen LogP contribution in [0.4, 0.5) is 10.1 Å². The van der Waals surface area contributed by atoms with Crippen molar-refractivity contribution >= 4 is 40.7 Å². The zero-order valence-electron chi connectivity index (χ0n) is 24.4. The van der Waals surface area contributed by atoms with E-state index in [1.165, 1.54) is 12.1 Å². The highest BCUT2D eigenvalue weighted by Gasteiger charge is 2.22. The third kappa shape index (κ3) is 9.54. The van der Waals surface area contributed by atoms with Gasteiger partial charge < -0.3 is 22.1 Å². The van der Waals surface area contributed by atoms with E-state index in [2.05, 4.69) is 10.6 Å². The summed E-state index contributed by atoms with van der Waals surface area (Å²) in [6.07, 6.45) is 1.11. The molecule has 0 aromatic heterocycles. The lowest BCUT2D eigenvalue weighted by Crippen LogP contribution is -2.35. The van der Waals surface area contributed by atoms with Gasteiger partial charge in [-0.1, -0.05) is 76.4 Å². The fraction of sp³-hybridized carbons (Fsp3) is 0.375. The van der Waals surface area contributed by atoms with E-state index < -0.39 is 23.8 Å². The highest BCUT2D eigenvalue weighted by atomic mass is 35.5. The molecule has 0 bridgehead atoms. The second-order valence-electron chi connectivity index (χ2n) is 9.84. The van der Waals surface area contributed by atoms with Gasteiger partial charge in [0.2, 0.25) is 5.91 Å². The first-order chi connectivity index (χ1) is 19.5. The molecule has 0 saturated heterocycles. The van der Waals surface area contributed by atoms with E-state index in [9.17, 15) is 14.0 Å². The topological polar surface area (TPSA) is 110 Å². The molecule has 3 rings (SSSR count). The molecule has 2 amide bonds. The maximum absolute atomic E-state index is 14.2. The van der Waals surface area contributed by atoms with Crippen molar-refractivity contribution in [1.82, 2.24) is 5.32 Å². The first-order valence-electron chi connectivity index (χ1n) is 14.0. The highest BCUT2D eigenvalue weighted by molar-refractivity contribution is 6.42. The molecule has 9 heteroatoms. The van der Waals surface area contributed by atoms with Crippen molar-refractivity contribution in [2.24, 2.45) is 11.5 Å². The van der Waals surface area contributed by atoms with Gasteiger partial charge in [-0.05, 0) is 90.0 Å². The van der Waals surface area contributed by atoms with E-state index >= 15 is 0 Å². The van der Waals surface area contributed by atoms with Crippen LogP contribution in [0, 0.1) is 5.82 Å². The van der Waals surface area contributed by atoms with Crippen LogP contribution in [0.3, 0.4) is 0 Å². The summed E-state index contributed by atoms with van der Waals surface area (Å²) < 4.78 is 14.2. The SMILES string of the molecule is CC.CCCc1ccc(NC(=O)C(CCN)c2ccc(Cl)c(Cl)c2)cc1C(N)NC(=O)c1cc(F)cc(C(C)C)c1. The highest BCUT2D eigenvalue weighted by Crippen LogP contribution is 2.30. The molecule has 0 heterocycles. The number of anilines is 1. The molecule has 2 atom stereocenters. The second-order valence-corrected chi connectivity index (χ2v) is 10.6. The van der Waals surface area contributed by atoms with Crippen molar-refractivity contribution in [1.29, 1.82) is 0 Å². The summed E-state index contributed by atoms with van der Waals surface area (Å²) in [6, 6.07) is 14.8. The molecule has 0 spiro atoms. The molecule has 222 valence electrons. The van der Waals surface area contributed by atoms with Gasteiger partial charge in [-0.15, -0.1) is 0 Å². The number of hydrogen-bond donors (Lipinski definition) is 4. The van der Waals surface area contributed by atoms with Crippen LogP contribution in [0.15, 0.2) is 54.6 Å². The largest absolute Gasteiger partial charge is 0.333 e. The van der Waals surface area contributed by atoms with Crippen molar-refractivity contribution in [3.8, 4) is 0 Å². The zero-order chi connectivity index (χ0) is 30.7. The Balaban J connectivity index is 0.00000287. The standard InChI is InChI=1S/C30H35Cl2FN4O2.C2H6/c1-4-5-18-6-8-23(36-30(39)24(10-11-34)19-7-9-26(31)27(32)15-19)16-25(18)28(35)37-29(38)21-12-20(17(2)3)13-22(33)14-21;1-2/h6-9,12-17,24,28H,4-5,10-11,34-35H2,1-3H3,(H,36,39)(H,37,38);1-2H3. The maximum atomic E-state index is 14.2. The van der Waals surface area contributed by atoms with Crippen LogP contribution in [0.1, 0.15) is 98.1 Å². The summed E-state index contributed by atoms with van der Waals surface area (Å²) in [7, 11) is 0. The molecular formula is C32H41Cl2FN4O2. The smallest absolute Gasteiger partial charge is 0.252 e. The molecule has 0 aliphatic heterocycles. The monoisotopic (exact) mass is 602 g/mol. The first-order valence-corrected chi connectivity index (χ1v) is 14.7. The van der Waals surface area contributed by atoms with Gasteiger partial charge in [0.15, 0.2) is 0 Å². The molecule has 2 unspecified atom stereocenters. The average Bonchev–Trinajstić information content (AvgIpc) is 2.94. The molecule has 3 aromatic carbocycles. The third-order valence-corrected chi connectivity index (χ3v) is 7.26. The molecule has 6 N–H and O–H groups in total. The summed E-state index contributed by atoms with van der Waals surface area (Å²) in [5.74, 6) is -1.70. The van der Waals surface area contributed by atoms with Crippen LogP contribution < -0.4 is 22.1 Å². The van der Waals surface area contributed by atoms with E-state index in [0.29, 0.717) is 39.8 Å². The van der Waals surface area contributed by atoms with Crippen LogP contribution in [0.2, 0.25) is 10.0 Å². The van der Waals surface area contributed by atoms with Crippen LogP contribution >= 0.6 is 23.2 Å². The molecule has 0 aliphatic carbocycles. The minimum absolute atomic E-state index is 0.0596. The van der Waals surface area contributed by atoms with Crippen molar-refractivity contribution in [3.63, 3.8) is 0 Å². The van der Waals surface area contributed by atoms with Crippen molar-refractivity contribution in [2.45, 2.75) is 71.9 Å². The third-order valence-electron chi connectivity index (χ3n) is 6.52. The number of rotatable bonds is 11. The molecule has 3 aromatic rings. The van der Waals surface area contributed by atoms with Crippen molar-refractivity contribution < 1.29 is 14.0 Å². The van der Waals surface area contributed by atoms with Gasteiger partial charge in [0.25, 0.3) is 5.91 Å². The van der Waals surface area contributed by atoms with E-state index in [-0.39, 0.29) is 17.4 Å². The molecule has 0 radical (unpaired) electrons. The number of carbonyl (C=O) groups excluding carboxylic acids is 2. The Labute approximate surface area is 253 Å². The molecule has 6 nitrogen and oxygen atoms in total. The summed E-state index contributed by atoms with van der Waals surface area (Å²) in [6.45, 7) is 10.2. The summed E-state index contributed by atoms with van der Waals surface area (Å²) in [5, 5.41) is 6.49. The Kier molecular flexibility index (Phi) is 13.7. The van der Waals surface area contributed by atoms with Gasteiger partial charge in [0.05, 0.1) is 16.0 Å². The van der Waals surface area contributed by atoms with Gasteiger partial charge in [0, 0.05) is 11.3 Å². The van der Waals surface area contributed by atoms with Crippen LogP contribution in [0.5, 0.6) is 0 Å². The Morgan fingerprint density at radius 1 is 0.951 bits per heavy atom. The van der Waals surface area contributed by atoms with Gasteiger partial charge in [0.1, 0.15) is 12.0 Å². The Hall–Kier alpha value is -2.97. The predicted octanol–water partition coefficient (Wildman–Crippen LogP) is 7.69. The Morgan fingerprint density at radius 3 is 2.27 bits per heavy atom. The quantitative estimate of drug-likeness (QED) is 0.168. The number of amides is 2. The first kappa shape index (κ1) is 34.2. The number of benzene rings is 3. The predicted molar refractivity (Wildman–Crippen MR) is 168 cm³/mol. The van der Waals surface area contributed by atoms with Crippen molar-refractivity contribution in [2.75, 3.05) is 11.9 Å². The number of nitrogens with one attached hydrogen (secondary N) is 2. The van der Waals surface area contributed by atoms with Crippen LogP contribution in [0.25, 0.3) is 0 Å². The number of nitrogens with two attached hydrogens (primary N) is 2. The van der Waals surface area contributed by atoms with Gasteiger partial charge in [-0.2, -0.15) is 0 Å². The van der Waals surface area contributed by atoms with E-state index in [1.54, 1.807) is 36.4 Å². The zero-order valence-corrected chi connectivity index (χ0v) is 25.9. The summed E-state index contributed by atoms with van der Waals surface area (Å²) >= 11 is 12.2. The average molecular weight is 604 g/mol. The van der Waals surface area contributed by atoms with E-state index in [0.717, 1.165) is 24.0 Å². The molecule has 41 heavy (non-hydrogen) atoms. The molecular weight excluding hydrogens is 562 g/mol. The molecule has 0 fully saturated rings. The Bertz CT molecular complexity index is 1330. The van der Waals surface area contributed by atoms with Gasteiger partial charge in [-0.25, -0.2) is 4.39 Å². The minimum atomic E-state index is -0.878. The minimum Gasteiger partial charge on any atom is -0.333 e. The summed E-state index contributed by atoms with van der Waals surface area (Å²) in [4.78, 5) is 26.3. The summed E-state index contributed by atoms with van der Waals surface area (Å²) in [5.41, 5.74) is 16.0. The number of carbonyl (C=O) groups is 2. The van der Waals surface area contributed by atoms with Gasteiger partial charge >= 0.3 is 0 Å². The number of aryl methyl sites for hydroxylation is 1. The fourth-order valence-electron chi connectivity index (χ4n) is 4.41. The Morgan fingerprint density at radius 2 is 1.66 bits per heavy atom. The van der Waals surface area contributed by atoms with Gasteiger partial charge in [-0.3, -0.25) is 9.59 Å². The lowest BCUT2D eigenvalue weighted by molar-refractivity contribution is -0.117. The lowest BCUT2D eigenvalue weighted by atomic mass is 9.94. The maximum Gasteiger partial charge on any atom is 0.252 e. The number of hydrogen-bond acceptors (Lipinski definition) is 4. The van der Waals surface area contributed by atoms with E-state index in [4.69, 9.17) is 34.7 Å². The van der Waals surface area contributed by atoms with Crippen LogP contribution in [-0.4, -0.2) is 18.4 Å². The fourth-order valence-corrected chi connectivity index (χ4v) is 4.72. The van der Waals surface area contributed by atoms with Crippen molar-refractivity contribution in [3.05, 3.63) is 98.3 Å². The second kappa shape index (κ2) is 16.5.